The summed E-state index contributed by atoms with van der Waals surface area (Å²) in [5, 5.41) is 0. The summed E-state index contributed by atoms with van der Waals surface area (Å²) in [7, 11) is -2.17. The van der Waals surface area contributed by atoms with Gasteiger partial charge in [0.2, 0.25) is 10.0 Å². The Kier molecular flexibility index (Phi) is 5.08. The number of hydrogen-bond acceptors (Lipinski definition) is 5. The molecular formula is C14H23N3O3S. The maximum Gasteiger partial charge on any atom is 0.244 e. The van der Waals surface area contributed by atoms with Crippen molar-refractivity contribution in [3.63, 3.8) is 0 Å². The Balaban J connectivity index is 2.14. The van der Waals surface area contributed by atoms with Gasteiger partial charge in [-0.15, -0.1) is 0 Å². The van der Waals surface area contributed by atoms with Gasteiger partial charge in [-0.2, -0.15) is 0 Å². The molecule has 1 aromatic carbocycles. The molecule has 0 atom stereocenters. The van der Waals surface area contributed by atoms with Crippen molar-refractivity contribution in [2.24, 2.45) is 0 Å². The highest BCUT2D eigenvalue weighted by Gasteiger charge is 2.26. The second kappa shape index (κ2) is 6.64. The standard InChI is InChI=1S/C14H23N3O3S/c1-3-17-8-6-12(7-9-17)16-21(18,19)14-10-11(15)4-5-13(14)20-2/h4-5,10,12,16H,3,6-9,15H2,1-2H3. The second-order valence-corrected chi connectivity index (χ2v) is 6.92. The second-order valence-electron chi connectivity index (χ2n) is 5.24. The van der Waals surface area contributed by atoms with Crippen LogP contribution in [0.4, 0.5) is 5.69 Å². The van der Waals surface area contributed by atoms with Crippen LogP contribution in [-0.2, 0) is 10.0 Å². The van der Waals surface area contributed by atoms with E-state index < -0.39 is 10.0 Å². The molecule has 0 spiro atoms. The first-order valence-electron chi connectivity index (χ1n) is 7.14. The molecule has 1 heterocycles. The zero-order chi connectivity index (χ0) is 15.5. The van der Waals surface area contributed by atoms with Crippen molar-refractivity contribution in [3.05, 3.63) is 18.2 Å². The lowest BCUT2D eigenvalue weighted by molar-refractivity contribution is 0.217. The van der Waals surface area contributed by atoms with E-state index >= 15 is 0 Å². The minimum absolute atomic E-state index is 0.0380. The molecule has 0 aromatic heterocycles. The first kappa shape index (κ1) is 16.1. The average Bonchev–Trinajstić information content (AvgIpc) is 2.47. The van der Waals surface area contributed by atoms with Crippen LogP contribution in [0, 0.1) is 0 Å². The van der Waals surface area contributed by atoms with E-state index in [-0.39, 0.29) is 10.9 Å². The number of hydrogen-bond donors (Lipinski definition) is 2. The largest absolute Gasteiger partial charge is 0.495 e. The van der Waals surface area contributed by atoms with Crippen molar-refractivity contribution >= 4 is 15.7 Å². The molecule has 1 fully saturated rings. The van der Waals surface area contributed by atoms with E-state index in [0.717, 1.165) is 32.5 Å². The van der Waals surface area contributed by atoms with E-state index in [0.29, 0.717) is 11.4 Å². The summed E-state index contributed by atoms with van der Waals surface area (Å²) in [4.78, 5) is 2.41. The number of piperidine rings is 1. The van der Waals surface area contributed by atoms with Crippen LogP contribution in [0.5, 0.6) is 5.75 Å². The molecule has 0 aliphatic carbocycles. The van der Waals surface area contributed by atoms with Crippen LogP contribution in [-0.4, -0.2) is 46.1 Å². The summed E-state index contributed by atoms with van der Waals surface area (Å²) in [6.07, 6.45) is 1.63. The van der Waals surface area contributed by atoms with Gasteiger partial charge in [0.15, 0.2) is 0 Å². The molecule has 0 bridgehead atoms. The smallest absolute Gasteiger partial charge is 0.244 e. The maximum atomic E-state index is 12.5. The normalized spacial score (nSPS) is 17.8. The van der Waals surface area contributed by atoms with Crippen LogP contribution in [0.2, 0.25) is 0 Å². The fourth-order valence-corrected chi connectivity index (χ4v) is 4.06. The lowest BCUT2D eigenvalue weighted by atomic mass is 10.1. The fraction of sp³-hybridized carbons (Fsp3) is 0.571. The van der Waals surface area contributed by atoms with E-state index in [1.54, 1.807) is 12.1 Å². The third-order valence-electron chi connectivity index (χ3n) is 3.83. The molecule has 3 N–H and O–H groups in total. The molecule has 2 rings (SSSR count). The van der Waals surface area contributed by atoms with Crippen molar-refractivity contribution in [1.82, 2.24) is 9.62 Å². The molecule has 1 aromatic rings. The van der Waals surface area contributed by atoms with Gasteiger partial charge >= 0.3 is 0 Å². The quantitative estimate of drug-likeness (QED) is 0.794. The minimum Gasteiger partial charge on any atom is -0.495 e. The van der Waals surface area contributed by atoms with E-state index in [2.05, 4.69) is 16.5 Å². The molecule has 1 aliphatic heterocycles. The Hall–Kier alpha value is -1.31. The minimum atomic E-state index is -3.62. The Morgan fingerprint density at radius 1 is 1.38 bits per heavy atom. The van der Waals surface area contributed by atoms with E-state index in [1.807, 2.05) is 0 Å². The molecule has 118 valence electrons. The molecule has 7 heteroatoms. The van der Waals surface area contributed by atoms with Crippen molar-refractivity contribution in [3.8, 4) is 5.75 Å². The zero-order valence-electron chi connectivity index (χ0n) is 12.5. The van der Waals surface area contributed by atoms with Crippen molar-refractivity contribution in [2.45, 2.75) is 30.7 Å². The van der Waals surface area contributed by atoms with Crippen LogP contribution in [0.25, 0.3) is 0 Å². The van der Waals surface area contributed by atoms with Gasteiger partial charge in [-0.1, -0.05) is 6.92 Å². The number of methoxy groups -OCH3 is 1. The number of anilines is 1. The van der Waals surface area contributed by atoms with Crippen molar-refractivity contribution in [2.75, 3.05) is 32.5 Å². The summed E-state index contributed by atoms with van der Waals surface area (Å²) < 4.78 is 32.9. The molecular weight excluding hydrogens is 290 g/mol. The number of rotatable bonds is 5. The number of likely N-dealkylation sites (tertiary alicyclic amines) is 1. The van der Waals surface area contributed by atoms with Crippen LogP contribution in [0.1, 0.15) is 19.8 Å². The maximum absolute atomic E-state index is 12.5. The number of benzene rings is 1. The summed E-state index contributed by atoms with van der Waals surface area (Å²) in [5.74, 6) is 0.308. The molecule has 6 nitrogen and oxygen atoms in total. The lowest BCUT2D eigenvalue weighted by Crippen LogP contribution is -2.44. The highest BCUT2D eigenvalue weighted by molar-refractivity contribution is 7.89. The number of nitrogen functional groups attached to an aromatic ring is 1. The van der Waals surface area contributed by atoms with Crippen LogP contribution in [0.3, 0.4) is 0 Å². The number of nitrogens with zero attached hydrogens (tertiary/aromatic N) is 1. The van der Waals surface area contributed by atoms with Gasteiger partial charge < -0.3 is 15.4 Å². The first-order chi connectivity index (χ1) is 9.96. The summed E-state index contributed by atoms with van der Waals surface area (Å²) >= 11 is 0. The number of nitrogens with one attached hydrogen (secondary N) is 1. The predicted octanol–water partition coefficient (Wildman–Crippen LogP) is 1.04. The van der Waals surface area contributed by atoms with E-state index in [4.69, 9.17) is 10.5 Å². The average molecular weight is 313 g/mol. The highest BCUT2D eigenvalue weighted by Crippen LogP contribution is 2.26. The zero-order valence-corrected chi connectivity index (χ0v) is 13.3. The van der Waals surface area contributed by atoms with E-state index in [1.165, 1.54) is 13.2 Å². The number of nitrogens with two attached hydrogens (primary N) is 1. The summed E-state index contributed by atoms with van der Waals surface area (Å²) in [5.41, 5.74) is 6.09. The van der Waals surface area contributed by atoms with Gasteiger partial charge in [-0.25, -0.2) is 13.1 Å². The van der Waals surface area contributed by atoms with Crippen LogP contribution >= 0.6 is 0 Å². The third-order valence-corrected chi connectivity index (χ3v) is 5.38. The molecule has 0 unspecified atom stereocenters. The Labute approximate surface area is 126 Å². The molecule has 0 amide bonds. The fourth-order valence-electron chi connectivity index (χ4n) is 2.55. The van der Waals surface area contributed by atoms with Gasteiger partial charge in [-0.3, -0.25) is 0 Å². The Morgan fingerprint density at radius 3 is 2.62 bits per heavy atom. The first-order valence-corrected chi connectivity index (χ1v) is 8.62. The van der Waals surface area contributed by atoms with E-state index in [9.17, 15) is 8.42 Å². The Bertz CT molecular complexity index is 581. The van der Waals surface area contributed by atoms with Gasteiger partial charge in [0.1, 0.15) is 10.6 Å². The van der Waals surface area contributed by atoms with Crippen LogP contribution < -0.4 is 15.2 Å². The lowest BCUT2D eigenvalue weighted by Gasteiger charge is -2.31. The summed E-state index contributed by atoms with van der Waals surface area (Å²) in [6, 6.07) is 4.59. The monoisotopic (exact) mass is 313 g/mol. The number of ether oxygens (including phenoxy) is 1. The molecule has 21 heavy (non-hydrogen) atoms. The Morgan fingerprint density at radius 2 is 2.05 bits per heavy atom. The van der Waals surface area contributed by atoms with Gasteiger partial charge in [-0.05, 0) is 50.7 Å². The molecule has 0 saturated carbocycles. The number of sulfonamides is 1. The topological polar surface area (TPSA) is 84.7 Å². The third kappa shape index (κ3) is 3.87. The van der Waals surface area contributed by atoms with Gasteiger partial charge in [0.05, 0.1) is 7.11 Å². The van der Waals surface area contributed by atoms with Crippen molar-refractivity contribution in [1.29, 1.82) is 0 Å². The summed E-state index contributed by atoms with van der Waals surface area (Å²) in [6.45, 7) is 4.94. The predicted molar refractivity (Wildman–Crippen MR) is 82.9 cm³/mol. The van der Waals surface area contributed by atoms with Gasteiger partial charge in [0.25, 0.3) is 0 Å². The molecule has 0 radical (unpaired) electrons. The highest BCUT2D eigenvalue weighted by atomic mass is 32.2. The van der Waals surface area contributed by atoms with Crippen LogP contribution in [0.15, 0.2) is 23.1 Å². The SMILES string of the molecule is CCN1CCC(NS(=O)(=O)c2cc(N)ccc2OC)CC1. The van der Waals surface area contributed by atoms with Gasteiger partial charge in [0, 0.05) is 11.7 Å². The molecule has 1 saturated heterocycles. The molecule has 1 aliphatic rings. The van der Waals surface area contributed by atoms with Crippen molar-refractivity contribution < 1.29 is 13.2 Å².